The molecule has 6 heteroatoms. The lowest BCUT2D eigenvalue weighted by atomic mass is 10.0. The van der Waals surface area contributed by atoms with E-state index in [0.29, 0.717) is 17.1 Å². The highest BCUT2D eigenvalue weighted by atomic mass is 35.5. The molecule has 2 aromatic carbocycles. The fourth-order valence-electron chi connectivity index (χ4n) is 3.81. The molecule has 3 aromatic rings. The molecule has 1 aliphatic rings. The molecule has 4 rings (SSSR count). The first-order chi connectivity index (χ1) is 13.9. The largest absolute Gasteiger partial charge is 0.341 e. The van der Waals surface area contributed by atoms with E-state index in [4.69, 9.17) is 11.6 Å². The third-order valence-corrected chi connectivity index (χ3v) is 5.44. The van der Waals surface area contributed by atoms with Crippen molar-refractivity contribution >= 4 is 51.3 Å². The van der Waals surface area contributed by atoms with E-state index in [0.717, 1.165) is 46.4 Å². The topological polar surface area (TPSA) is 63.1 Å². The van der Waals surface area contributed by atoms with Crippen molar-refractivity contribution in [3.63, 3.8) is 0 Å². The van der Waals surface area contributed by atoms with Gasteiger partial charge in [0.25, 0.3) is 0 Å². The highest BCUT2D eigenvalue weighted by Crippen LogP contribution is 2.28. The summed E-state index contributed by atoms with van der Waals surface area (Å²) in [5.41, 5.74) is 5.44. The number of fused-ring (bicyclic) bond motifs is 2. The number of benzene rings is 2. The van der Waals surface area contributed by atoms with E-state index >= 15 is 0 Å². The zero-order valence-electron chi connectivity index (χ0n) is 16.4. The first kappa shape index (κ1) is 19.3. The molecule has 0 aliphatic carbocycles. The van der Waals surface area contributed by atoms with Gasteiger partial charge in [0.15, 0.2) is 0 Å². The standard InChI is InChI=1S/C23H22ClN3O2/c1-3-27-20-8-6-17(24)11-16(20)12-21(27)14(2)10-23(29)25-18-7-4-15-5-9-22(28)26-19(15)13-18/h4,6-8,10-13H,3,5,9H2,1-2H3,(H,25,29)(H,26,28)/b14-10+. The maximum Gasteiger partial charge on any atom is 0.248 e. The fraction of sp³-hybridized carbons (Fsp3) is 0.217. The first-order valence-electron chi connectivity index (χ1n) is 9.66. The number of aromatic nitrogens is 1. The van der Waals surface area contributed by atoms with Crippen LogP contribution in [0.25, 0.3) is 16.5 Å². The van der Waals surface area contributed by atoms with Crippen molar-refractivity contribution in [2.45, 2.75) is 33.2 Å². The van der Waals surface area contributed by atoms with Crippen LogP contribution in [0.2, 0.25) is 5.02 Å². The van der Waals surface area contributed by atoms with Crippen molar-refractivity contribution < 1.29 is 9.59 Å². The number of amides is 2. The molecule has 0 bridgehead atoms. The average molecular weight is 408 g/mol. The molecule has 0 saturated heterocycles. The second-order valence-corrected chi connectivity index (χ2v) is 7.65. The van der Waals surface area contributed by atoms with Crippen LogP contribution in [-0.2, 0) is 22.6 Å². The van der Waals surface area contributed by atoms with Gasteiger partial charge >= 0.3 is 0 Å². The number of rotatable bonds is 4. The van der Waals surface area contributed by atoms with E-state index in [-0.39, 0.29) is 11.8 Å². The van der Waals surface area contributed by atoms with Crippen LogP contribution in [0.3, 0.4) is 0 Å². The normalized spacial score (nSPS) is 13.9. The van der Waals surface area contributed by atoms with Gasteiger partial charge in [0.2, 0.25) is 11.8 Å². The van der Waals surface area contributed by atoms with Crippen LogP contribution in [0.4, 0.5) is 11.4 Å². The summed E-state index contributed by atoms with van der Waals surface area (Å²) >= 11 is 6.12. The molecule has 0 unspecified atom stereocenters. The van der Waals surface area contributed by atoms with Crippen LogP contribution < -0.4 is 10.6 Å². The molecule has 1 aromatic heterocycles. The second-order valence-electron chi connectivity index (χ2n) is 7.21. The monoisotopic (exact) mass is 407 g/mol. The van der Waals surface area contributed by atoms with Gasteiger partial charge < -0.3 is 15.2 Å². The van der Waals surface area contributed by atoms with Crippen molar-refractivity contribution in [2.24, 2.45) is 0 Å². The summed E-state index contributed by atoms with van der Waals surface area (Å²) < 4.78 is 2.17. The second kappa shape index (κ2) is 7.76. The molecule has 0 spiro atoms. The molecule has 2 amide bonds. The number of allylic oxidation sites excluding steroid dienone is 1. The van der Waals surface area contributed by atoms with Gasteiger partial charge in [-0.3, -0.25) is 9.59 Å². The summed E-state index contributed by atoms with van der Waals surface area (Å²) in [6, 6.07) is 13.5. The van der Waals surface area contributed by atoms with Gasteiger partial charge in [-0.15, -0.1) is 0 Å². The van der Waals surface area contributed by atoms with E-state index in [1.54, 1.807) is 12.1 Å². The Morgan fingerprint density at radius 3 is 2.83 bits per heavy atom. The Morgan fingerprint density at radius 2 is 2.03 bits per heavy atom. The summed E-state index contributed by atoms with van der Waals surface area (Å²) in [5.74, 6) is -0.209. The third kappa shape index (κ3) is 3.91. The van der Waals surface area contributed by atoms with Crippen LogP contribution in [0.1, 0.15) is 31.5 Å². The lowest BCUT2D eigenvalue weighted by Crippen LogP contribution is -2.19. The molecule has 2 heterocycles. The number of halogens is 1. The van der Waals surface area contributed by atoms with Gasteiger partial charge in [-0.25, -0.2) is 0 Å². The van der Waals surface area contributed by atoms with Crippen molar-refractivity contribution in [1.82, 2.24) is 4.57 Å². The molecular weight excluding hydrogens is 386 g/mol. The van der Waals surface area contributed by atoms with E-state index in [1.807, 2.05) is 37.3 Å². The Labute approximate surface area is 174 Å². The first-order valence-corrected chi connectivity index (χ1v) is 10.0. The molecule has 1 aliphatic heterocycles. The lowest BCUT2D eigenvalue weighted by Gasteiger charge is -2.17. The number of hydrogen-bond donors (Lipinski definition) is 2. The van der Waals surface area contributed by atoms with Crippen LogP contribution in [0, 0.1) is 0 Å². The summed E-state index contributed by atoms with van der Waals surface area (Å²) in [4.78, 5) is 24.2. The number of nitrogens with one attached hydrogen (secondary N) is 2. The van der Waals surface area contributed by atoms with Crippen molar-refractivity contribution in [2.75, 3.05) is 10.6 Å². The predicted octanol–water partition coefficient (Wildman–Crippen LogP) is 5.24. The van der Waals surface area contributed by atoms with Gasteiger partial charge in [0.05, 0.1) is 0 Å². The Morgan fingerprint density at radius 1 is 1.21 bits per heavy atom. The molecule has 5 nitrogen and oxygen atoms in total. The molecular formula is C23H22ClN3O2. The minimum Gasteiger partial charge on any atom is -0.341 e. The van der Waals surface area contributed by atoms with Gasteiger partial charge in [0, 0.05) is 52.0 Å². The number of hydrogen-bond acceptors (Lipinski definition) is 2. The summed E-state index contributed by atoms with van der Waals surface area (Å²) in [6.07, 6.45) is 2.82. The van der Waals surface area contributed by atoms with Crippen LogP contribution in [0.5, 0.6) is 0 Å². The van der Waals surface area contributed by atoms with E-state index < -0.39 is 0 Å². The van der Waals surface area contributed by atoms with E-state index in [9.17, 15) is 9.59 Å². The number of aryl methyl sites for hydroxylation is 2. The van der Waals surface area contributed by atoms with Gasteiger partial charge in [-0.2, -0.15) is 0 Å². The van der Waals surface area contributed by atoms with Crippen molar-refractivity contribution in [3.05, 3.63) is 64.8 Å². The lowest BCUT2D eigenvalue weighted by molar-refractivity contribution is -0.116. The number of carbonyl (C=O) groups excluding carboxylic acids is 2. The summed E-state index contributed by atoms with van der Waals surface area (Å²) in [6.45, 7) is 4.79. The van der Waals surface area contributed by atoms with Gasteiger partial charge in [-0.05, 0) is 67.8 Å². The number of anilines is 2. The van der Waals surface area contributed by atoms with Crippen LogP contribution in [-0.4, -0.2) is 16.4 Å². The fourth-order valence-corrected chi connectivity index (χ4v) is 3.99. The third-order valence-electron chi connectivity index (χ3n) is 5.20. The van der Waals surface area contributed by atoms with Crippen molar-refractivity contribution in [1.29, 1.82) is 0 Å². The highest BCUT2D eigenvalue weighted by molar-refractivity contribution is 6.31. The smallest absolute Gasteiger partial charge is 0.248 e. The zero-order valence-corrected chi connectivity index (χ0v) is 17.1. The Hall–Kier alpha value is -3.05. The Balaban J connectivity index is 1.58. The summed E-state index contributed by atoms with van der Waals surface area (Å²) in [7, 11) is 0. The molecule has 2 N–H and O–H groups in total. The van der Waals surface area contributed by atoms with Crippen molar-refractivity contribution in [3.8, 4) is 0 Å². The Kier molecular flexibility index (Phi) is 5.16. The van der Waals surface area contributed by atoms with Crippen LogP contribution >= 0.6 is 11.6 Å². The van der Waals surface area contributed by atoms with E-state index in [2.05, 4.69) is 28.2 Å². The SMILES string of the molecule is CCn1c(/C(C)=C/C(=O)Nc2ccc3c(c2)NC(=O)CC3)cc2cc(Cl)ccc21. The van der Waals surface area contributed by atoms with E-state index in [1.165, 1.54) is 0 Å². The molecule has 0 atom stereocenters. The minimum atomic E-state index is -0.212. The maximum atomic E-state index is 12.6. The van der Waals surface area contributed by atoms with Gasteiger partial charge in [0.1, 0.15) is 0 Å². The quantitative estimate of drug-likeness (QED) is 0.581. The average Bonchev–Trinajstić information content (AvgIpc) is 3.05. The predicted molar refractivity (Wildman–Crippen MR) is 118 cm³/mol. The summed E-state index contributed by atoms with van der Waals surface area (Å²) in [5, 5.41) is 7.49. The molecule has 0 saturated carbocycles. The highest BCUT2D eigenvalue weighted by Gasteiger charge is 2.15. The maximum absolute atomic E-state index is 12.6. The Bertz CT molecular complexity index is 1160. The van der Waals surface area contributed by atoms with Gasteiger partial charge in [-0.1, -0.05) is 17.7 Å². The molecule has 0 fully saturated rings. The number of nitrogens with zero attached hydrogens (tertiary/aromatic N) is 1. The van der Waals surface area contributed by atoms with Crippen LogP contribution in [0.15, 0.2) is 48.5 Å². The molecule has 148 valence electrons. The molecule has 29 heavy (non-hydrogen) atoms. The molecule has 0 radical (unpaired) electrons. The zero-order chi connectivity index (χ0) is 20.5. The number of carbonyl (C=O) groups is 2. The minimum absolute atomic E-state index is 0.00390.